The number of hydrogen-bond acceptors (Lipinski definition) is 3. The lowest BCUT2D eigenvalue weighted by atomic mass is 10.1. The van der Waals surface area contributed by atoms with Gasteiger partial charge < -0.3 is 10.0 Å². The Balaban J connectivity index is 1.88. The number of rotatable bonds is 3. The van der Waals surface area contributed by atoms with E-state index in [1.54, 1.807) is 12.3 Å². The molecule has 0 saturated carbocycles. The van der Waals surface area contributed by atoms with Gasteiger partial charge in [-0.15, -0.1) is 0 Å². The molecule has 0 aromatic carbocycles. The molecule has 0 bridgehead atoms. The van der Waals surface area contributed by atoms with Gasteiger partial charge in [-0.1, -0.05) is 6.92 Å². The van der Waals surface area contributed by atoms with Gasteiger partial charge in [0.1, 0.15) is 11.6 Å². The zero-order chi connectivity index (χ0) is 12.5. The third kappa shape index (κ3) is 1.97. The van der Waals surface area contributed by atoms with Crippen molar-refractivity contribution < 1.29 is 5.11 Å². The van der Waals surface area contributed by atoms with Crippen molar-refractivity contribution in [3.63, 3.8) is 0 Å². The summed E-state index contributed by atoms with van der Waals surface area (Å²) in [5.41, 5.74) is 1.05. The van der Waals surface area contributed by atoms with Gasteiger partial charge in [0.25, 0.3) is 0 Å². The van der Waals surface area contributed by atoms with E-state index >= 15 is 0 Å². The minimum atomic E-state index is 0.292. The normalized spacial score (nSPS) is 20.8. The van der Waals surface area contributed by atoms with Crippen LogP contribution >= 0.6 is 0 Å². The number of likely N-dealkylation sites (N-methyl/N-ethyl adjacent to an activating group) is 1. The molecule has 1 fully saturated rings. The zero-order valence-electron chi connectivity index (χ0n) is 10.7. The Kier molecular flexibility index (Phi) is 2.96. The molecule has 18 heavy (non-hydrogen) atoms. The molecule has 0 radical (unpaired) electrons. The molecule has 3 heterocycles. The van der Waals surface area contributed by atoms with Crippen molar-refractivity contribution in [2.24, 2.45) is 0 Å². The average Bonchev–Trinajstić information content (AvgIpc) is 2.97. The molecular formula is C14H19N3O. The van der Waals surface area contributed by atoms with Gasteiger partial charge in [0.15, 0.2) is 0 Å². The highest BCUT2D eigenvalue weighted by Crippen LogP contribution is 2.21. The minimum absolute atomic E-state index is 0.292. The van der Waals surface area contributed by atoms with Crippen LogP contribution in [0.5, 0.6) is 5.75 Å². The van der Waals surface area contributed by atoms with Crippen molar-refractivity contribution in [2.75, 3.05) is 13.1 Å². The summed E-state index contributed by atoms with van der Waals surface area (Å²) in [7, 11) is 0. The van der Waals surface area contributed by atoms with Gasteiger partial charge in [0.05, 0.1) is 17.9 Å². The molecule has 4 heteroatoms. The second-order valence-electron chi connectivity index (χ2n) is 4.99. The van der Waals surface area contributed by atoms with Crippen LogP contribution in [0.3, 0.4) is 0 Å². The first-order valence-electron chi connectivity index (χ1n) is 6.67. The van der Waals surface area contributed by atoms with E-state index in [1.165, 1.54) is 19.4 Å². The van der Waals surface area contributed by atoms with Crippen molar-refractivity contribution in [3.05, 3.63) is 30.4 Å². The number of likely N-dealkylation sites (tertiary alicyclic amines) is 1. The molecule has 1 aliphatic rings. The van der Waals surface area contributed by atoms with Crippen LogP contribution in [0.4, 0.5) is 0 Å². The second-order valence-corrected chi connectivity index (χ2v) is 4.99. The highest BCUT2D eigenvalue weighted by molar-refractivity contribution is 5.48. The number of aromatic nitrogens is 2. The zero-order valence-corrected chi connectivity index (χ0v) is 10.7. The maximum absolute atomic E-state index is 9.57. The predicted octanol–water partition coefficient (Wildman–Crippen LogP) is 2.07. The van der Waals surface area contributed by atoms with Crippen LogP contribution in [0.2, 0.25) is 0 Å². The first-order chi connectivity index (χ1) is 8.78. The molecule has 1 atom stereocenters. The first-order valence-corrected chi connectivity index (χ1v) is 6.67. The van der Waals surface area contributed by atoms with Crippen molar-refractivity contribution in [2.45, 2.75) is 32.2 Å². The lowest BCUT2D eigenvalue weighted by Crippen LogP contribution is -2.31. The molecule has 1 saturated heterocycles. The molecule has 4 nitrogen and oxygen atoms in total. The van der Waals surface area contributed by atoms with Crippen molar-refractivity contribution in [3.8, 4) is 5.75 Å². The van der Waals surface area contributed by atoms with Crippen LogP contribution in [0, 0.1) is 0 Å². The second kappa shape index (κ2) is 4.61. The van der Waals surface area contributed by atoms with E-state index in [9.17, 15) is 5.11 Å². The van der Waals surface area contributed by atoms with E-state index in [1.807, 2.05) is 16.7 Å². The maximum Gasteiger partial charge on any atom is 0.132 e. The summed E-state index contributed by atoms with van der Waals surface area (Å²) in [6, 6.07) is 4.20. The molecule has 3 rings (SSSR count). The molecule has 2 aromatic rings. The summed E-state index contributed by atoms with van der Waals surface area (Å²) in [6.07, 6.45) is 7.13. The Morgan fingerprint density at radius 1 is 1.44 bits per heavy atom. The number of imidazole rings is 1. The Labute approximate surface area is 107 Å². The molecule has 0 aliphatic carbocycles. The Morgan fingerprint density at radius 3 is 3.17 bits per heavy atom. The summed E-state index contributed by atoms with van der Waals surface area (Å²) in [4.78, 5) is 7.01. The third-order valence-electron chi connectivity index (χ3n) is 3.91. The number of fused-ring (bicyclic) bond motifs is 1. The highest BCUT2D eigenvalue weighted by Gasteiger charge is 2.24. The lowest BCUT2D eigenvalue weighted by molar-refractivity contribution is 0.263. The van der Waals surface area contributed by atoms with E-state index < -0.39 is 0 Å². The smallest absolute Gasteiger partial charge is 0.132 e. The van der Waals surface area contributed by atoms with E-state index in [4.69, 9.17) is 0 Å². The van der Waals surface area contributed by atoms with Gasteiger partial charge in [0, 0.05) is 12.5 Å². The predicted molar refractivity (Wildman–Crippen MR) is 70.8 cm³/mol. The molecular weight excluding hydrogens is 226 g/mol. The molecule has 1 N–H and O–H groups in total. The summed E-state index contributed by atoms with van der Waals surface area (Å²) >= 11 is 0. The van der Waals surface area contributed by atoms with E-state index in [0.717, 1.165) is 24.3 Å². The maximum atomic E-state index is 9.57. The van der Waals surface area contributed by atoms with Crippen molar-refractivity contribution in [1.82, 2.24) is 14.3 Å². The van der Waals surface area contributed by atoms with Gasteiger partial charge in [-0.3, -0.25) is 4.40 Å². The quantitative estimate of drug-likeness (QED) is 0.900. The molecule has 0 amide bonds. The van der Waals surface area contributed by atoms with E-state index in [2.05, 4.69) is 16.8 Å². The van der Waals surface area contributed by atoms with Crippen molar-refractivity contribution >= 4 is 5.52 Å². The first kappa shape index (κ1) is 11.5. The molecule has 2 aromatic heterocycles. The largest absolute Gasteiger partial charge is 0.506 e. The summed E-state index contributed by atoms with van der Waals surface area (Å²) in [6.45, 7) is 4.53. The Bertz CT molecular complexity index is 549. The summed E-state index contributed by atoms with van der Waals surface area (Å²) < 4.78 is 2.00. The highest BCUT2D eigenvalue weighted by atomic mass is 16.3. The monoisotopic (exact) mass is 245 g/mol. The fourth-order valence-electron chi connectivity index (χ4n) is 2.94. The van der Waals surface area contributed by atoms with Crippen LogP contribution in [-0.2, 0) is 6.42 Å². The third-order valence-corrected chi connectivity index (χ3v) is 3.91. The molecule has 96 valence electrons. The number of hydrogen-bond donors (Lipinski definition) is 1. The van der Waals surface area contributed by atoms with Crippen LogP contribution in [0.1, 0.15) is 25.6 Å². The average molecular weight is 245 g/mol. The van der Waals surface area contributed by atoms with Crippen LogP contribution < -0.4 is 0 Å². The topological polar surface area (TPSA) is 40.8 Å². The van der Waals surface area contributed by atoms with Gasteiger partial charge in [-0.25, -0.2) is 4.98 Å². The SMILES string of the molecule is CCN1CCCC1Cc1ncc2ccc(O)cn12. The Hall–Kier alpha value is -1.55. The van der Waals surface area contributed by atoms with Crippen LogP contribution in [0.15, 0.2) is 24.5 Å². The standard InChI is InChI=1S/C14H19N3O/c1-2-16-7-3-4-11(16)8-14-15-9-12-5-6-13(18)10-17(12)14/h5-6,9-11,18H,2-4,7-8H2,1H3. The van der Waals surface area contributed by atoms with E-state index in [0.29, 0.717) is 11.8 Å². The fraction of sp³-hybridized carbons (Fsp3) is 0.500. The van der Waals surface area contributed by atoms with Crippen molar-refractivity contribution in [1.29, 1.82) is 0 Å². The Morgan fingerprint density at radius 2 is 2.33 bits per heavy atom. The minimum Gasteiger partial charge on any atom is -0.506 e. The van der Waals surface area contributed by atoms with Gasteiger partial charge in [-0.2, -0.15) is 0 Å². The van der Waals surface area contributed by atoms with Gasteiger partial charge in [-0.05, 0) is 38.1 Å². The molecule has 1 aliphatic heterocycles. The van der Waals surface area contributed by atoms with Gasteiger partial charge >= 0.3 is 0 Å². The number of nitrogens with zero attached hydrogens (tertiary/aromatic N) is 3. The molecule has 0 spiro atoms. The lowest BCUT2D eigenvalue weighted by Gasteiger charge is -2.22. The summed E-state index contributed by atoms with van der Waals surface area (Å²) in [5.74, 6) is 1.34. The number of aromatic hydroxyl groups is 1. The van der Waals surface area contributed by atoms with Crippen LogP contribution in [0.25, 0.3) is 5.52 Å². The van der Waals surface area contributed by atoms with E-state index in [-0.39, 0.29) is 0 Å². The molecule has 1 unspecified atom stereocenters. The summed E-state index contributed by atoms with van der Waals surface area (Å²) in [5, 5.41) is 9.57. The van der Waals surface area contributed by atoms with Gasteiger partial charge in [0.2, 0.25) is 0 Å². The fourth-order valence-corrected chi connectivity index (χ4v) is 2.94. The van der Waals surface area contributed by atoms with Crippen LogP contribution in [-0.4, -0.2) is 38.5 Å². The number of pyridine rings is 1.